The first-order valence-corrected chi connectivity index (χ1v) is 12.4. The van der Waals surface area contributed by atoms with Crippen molar-refractivity contribution in [2.24, 2.45) is 0 Å². The Hall–Kier alpha value is -3.04. The topological polar surface area (TPSA) is 90.8 Å². The van der Waals surface area contributed by atoms with Gasteiger partial charge in [0.2, 0.25) is 0 Å². The van der Waals surface area contributed by atoms with Crippen LogP contribution in [0.25, 0.3) is 0 Å². The number of aliphatic hydroxyl groups is 2. The molecule has 198 valence electrons. The summed E-state index contributed by atoms with van der Waals surface area (Å²) in [5.41, 5.74) is 2.48. The number of ether oxygens (including phenoxy) is 1. The second-order valence-corrected chi connectivity index (χ2v) is 9.19. The van der Waals surface area contributed by atoms with Crippen molar-refractivity contribution in [3.63, 3.8) is 0 Å². The van der Waals surface area contributed by atoms with Crippen molar-refractivity contribution in [3.8, 4) is 5.75 Å². The lowest BCUT2D eigenvalue weighted by Crippen LogP contribution is -2.52. The van der Waals surface area contributed by atoms with Gasteiger partial charge >= 0.3 is 0 Å². The number of hydrogen-bond acceptors (Lipinski definition) is 5. The lowest BCUT2D eigenvalue weighted by molar-refractivity contribution is -0.132. The van der Waals surface area contributed by atoms with E-state index >= 15 is 0 Å². The van der Waals surface area contributed by atoms with Gasteiger partial charge in [-0.2, -0.15) is 0 Å². The molecule has 0 saturated heterocycles. The fourth-order valence-corrected chi connectivity index (χ4v) is 3.92. The first-order valence-electron chi connectivity index (χ1n) is 12.0. The van der Waals surface area contributed by atoms with Crippen LogP contribution in [0.2, 0.25) is 5.02 Å². The van der Waals surface area contributed by atoms with Gasteiger partial charge in [-0.25, -0.2) is 8.78 Å². The molecule has 0 aromatic heterocycles. The molecule has 3 aromatic carbocycles. The molecule has 0 bridgehead atoms. The molecule has 0 aliphatic carbocycles. The van der Waals surface area contributed by atoms with Crippen LogP contribution >= 0.6 is 11.6 Å². The molecular weight excluding hydrogens is 502 g/mol. The lowest BCUT2D eigenvalue weighted by Gasteiger charge is -2.26. The van der Waals surface area contributed by atoms with Gasteiger partial charge in [0, 0.05) is 24.2 Å². The quantitative estimate of drug-likeness (QED) is 0.269. The Balaban J connectivity index is 1.63. The predicted octanol–water partition coefficient (Wildman–Crippen LogP) is 3.80. The molecular formula is C28H31ClF2N2O4. The Bertz CT molecular complexity index is 1140. The minimum atomic E-state index is -1.54. The summed E-state index contributed by atoms with van der Waals surface area (Å²) in [4.78, 5) is 12.7. The summed E-state index contributed by atoms with van der Waals surface area (Å²) in [5, 5.41) is 27.4. The molecule has 3 rings (SSSR count). The first kappa shape index (κ1) is 28.5. The van der Waals surface area contributed by atoms with Crippen molar-refractivity contribution >= 4 is 17.5 Å². The molecule has 0 heterocycles. The Morgan fingerprint density at radius 1 is 0.973 bits per heavy atom. The normalized spacial score (nSPS) is 13.6. The van der Waals surface area contributed by atoms with Crippen LogP contribution in [0.3, 0.4) is 0 Å². The van der Waals surface area contributed by atoms with Crippen LogP contribution in [0, 0.1) is 11.6 Å². The van der Waals surface area contributed by atoms with E-state index in [2.05, 4.69) is 23.6 Å². The SMILES string of the molecule is CCc1cccc(CNC[C@@H](O)[C@H](Cc2cc(F)cc(F)c2)NC(=O)C(O)COc2ccc(Cl)cc2)c1. The summed E-state index contributed by atoms with van der Waals surface area (Å²) in [6.45, 7) is 2.30. The Morgan fingerprint density at radius 3 is 2.32 bits per heavy atom. The first-order chi connectivity index (χ1) is 17.7. The number of aliphatic hydroxyl groups excluding tert-OH is 2. The Kier molecular flexibility index (Phi) is 10.8. The van der Waals surface area contributed by atoms with Crippen molar-refractivity contribution in [2.75, 3.05) is 13.2 Å². The second kappa shape index (κ2) is 14.0. The minimum Gasteiger partial charge on any atom is -0.490 e. The van der Waals surface area contributed by atoms with Crippen LogP contribution < -0.4 is 15.4 Å². The zero-order valence-electron chi connectivity index (χ0n) is 20.5. The van der Waals surface area contributed by atoms with Gasteiger partial charge in [0.1, 0.15) is 24.0 Å². The number of benzene rings is 3. The zero-order chi connectivity index (χ0) is 26.8. The summed E-state index contributed by atoms with van der Waals surface area (Å²) >= 11 is 5.84. The maximum absolute atomic E-state index is 13.7. The van der Waals surface area contributed by atoms with Crippen LogP contribution in [0.1, 0.15) is 23.6 Å². The van der Waals surface area contributed by atoms with Gasteiger partial charge in [-0.1, -0.05) is 42.8 Å². The molecule has 0 spiro atoms. The number of carbonyl (C=O) groups excluding carboxylic acids is 1. The Labute approximate surface area is 220 Å². The molecule has 3 aromatic rings. The number of amides is 1. The highest BCUT2D eigenvalue weighted by Gasteiger charge is 2.26. The van der Waals surface area contributed by atoms with Gasteiger partial charge in [0.05, 0.1) is 12.1 Å². The van der Waals surface area contributed by atoms with Crippen LogP contribution in [0.5, 0.6) is 5.75 Å². The summed E-state index contributed by atoms with van der Waals surface area (Å²) < 4.78 is 32.9. The number of nitrogens with one attached hydrogen (secondary N) is 2. The van der Waals surface area contributed by atoms with Gasteiger partial charge in [-0.05, 0) is 65.9 Å². The van der Waals surface area contributed by atoms with Gasteiger partial charge in [0.25, 0.3) is 5.91 Å². The average Bonchev–Trinajstić information content (AvgIpc) is 2.87. The molecule has 0 radical (unpaired) electrons. The van der Waals surface area contributed by atoms with E-state index < -0.39 is 35.8 Å². The maximum atomic E-state index is 13.7. The van der Waals surface area contributed by atoms with Crippen LogP contribution in [-0.4, -0.2) is 47.5 Å². The smallest absolute Gasteiger partial charge is 0.252 e. The highest BCUT2D eigenvalue weighted by Crippen LogP contribution is 2.16. The van der Waals surface area contributed by atoms with E-state index in [1.54, 1.807) is 24.3 Å². The fraction of sp³-hybridized carbons (Fsp3) is 0.321. The molecule has 0 aliphatic heterocycles. The molecule has 1 amide bonds. The molecule has 4 N–H and O–H groups in total. The largest absolute Gasteiger partial charge is 0.490 e. The molecule has 1 unspecified atom stereocenters. The molecule has 37 heavy (non-hydrogen) atoms. The number of aryl methyl sites for hydroxylation is 1. The molecule has 0 fully saturated rings. The van der Waals surface area contributed by atoms with E-state index in [0.717, 1.165) is 30.2 Å². The molecule has 6 nitrogen and oxygen atoms in total. The standard InChI is InChI=1S/C28H31ClF2N2O4/c1-2-18-4-3-5-19(10-18)15-32-16-26(34)25(13-20-11-22(30)14-23(31)12-20)33-28(36)27(35)17-37-24-8-6-21(29)7-9-24/h3-12,14,25-27,32,34-35H,2,13,15-17H2,1H3,(H,33,36)/t25-,26+,27?/m0/s1. The van der Waals surface area contributed by atoms with Crippen molar-refractivity contribution in [3.05, 3.63) is 100 Å². The van der Waals surface area contributed by atoms with E-state index in [4.69, 9.17) is 16.3 Å². The third kappa shape index (κ3) is 9.40. The number of halogens is 3. The molecule has 0 aliphatic rings. The van der Waals surface area contributed by atoms with E-state index in [1.807, 2.05) is 18.2 Å². The third-order valence-corrected chi connectivity index (χ3v) is 6.03. The van der Waals surface area contributed by atoms with E-state index in [0.29, 0.717) is 17.3 Å². The van der Waals surface area contributed by atoms with Crippen LogP contribution in [-0.2, 0) is 24.2 Å². The van der Waals surface area contributed by atoms with Gasteiger partial charge < -0.3 is 25.6 Å². The highest BCUT2D eigenvalue weighted by atomic mass is 35.5. The summed E-state index contributed by atoms with van der Waals surface area (Å²) in [5.74, 6) is -1.90. The van der Waals surface area contributed by atoms with E-state index in [1.165, 1.54) is 5.56 Å². The molecule has 3 atom stereocenters. The number of carbonyl (C=O) groups is 1. The van der Waals surface area contributed by atoms with Gasteiger partial charge in [0.15, 0.2) is 6.10 Å². The van der Waals surface area contributed by atoms with Gasteiger partial charge in [-0.15, -0.1) is 0 Å². The van der Waals surface area contributed by atoms with Crippen molar-refractivity contribution in [1.29, 1.82) is 0 Å². The van der Waals surface area contributed by atoms with E-state index in [-0.39, 0.29) is 25.1 Å². The average molecular weight is 533 g/mol. The molecule has 9 heteroatoms. The predicted molar refractivity (Wildman–Crippen MR) is 138 cm³/mol. The van der Waals surface area contributed by atoms with Crippen molar-refractivity contribution in [2.45, 2.75) is 44.6 Å². The number of rotatable bonds is 13. The lowest BCUT2D eigenvalue weighted by atomic mass is 10.00. The van der Waals surface area contributed by atoms with Crippen molar-refractivity contribution < 1.29 is 28.5 Å². The minimum absolute atomic E-state index is 0.0562. The second-order valence-electron chi connectivity index (χ2n) is 8.75. The monoisotopic (exact) mass is 532 g/mol. The zero-order valence-corrected chi connectivity index (χ0v) is 21.2. The molecule has 0 saturated carbocycles. The van der Waals surface area contributed by atoms with Crippen LogP contribution in [0.4, 0.5) is 8.78 Å². The maximum Gasteiger partial charge on any atom is 0.252 e. The third-order valence-electron chi connectivity index (χ3n) is 5.78. The Morgan fingerprint density at radius 2 is 1.65 bits per heavy atom. The van der Waals surface area contributed by atoms with Crippen LogP contribution in [0.15, 0.2) is 66.7 Å². The number of hydrogen-bond donors (Lipinski definition) is 4. The highest BCUT2D eigenvalue weighted by molar-refractivity contribution is 6.30. The summed E-state index contributed by atoms with van der Waals surface area (Å²) in [7, 11) is 0. The van der Waals surface area contributed by atoms with Gasteiger partial charge in [-0.3, -0.25) is 4.79 Å². The van der Waals surface area contributed by atoms with E-state index in [9.17, 15) is 23.8 Å². The summed E-state index contributed by atoms with van der Waals surface area (Å²) in [6, 6.07) is 16.5. The fourth-order valence-electron chi connectivity index (χ4n) is 3.79. The van der Waals surface area contributed by atoms with Crippen molar-refractivity contribution in [1.82, 2.24) is 10.6 Å². The summed E-state index contributed by atoms with van der Waals surface area (Å²) in [6.07, 6.45) is -1.81.